The monoisotopic (exact) mass is 481 g/mol. The number of halogens is 5. The number of ether oxygens (including phenoxy) is 1. The van der Waals surface area contributed by atoms with Gasteiger partial charge in [0.2, 0.25) is 0 Å². The molecule has 0 fully saturated rings. The highest BCUT2D eigenvalue weighted by Gasteiger charge is 2.48. The van der Waals surface area contributed by atoms with Crippen LogP contribution in [-0.2, 0) is 15.5 Å². The Bertz CT molecular complexity index is 1060. The maximum absolute atomic E-state index is 12.5. The maximum Gasteiger partial charge on any atom is 0.534 e. The Morgan fingerprint density at radius 3 is 2.20 bits per heavy atom. The van der Waals surface area contributed by atoms with Crippen LogP contribution >= 0.6 is 23.2 Å². The lowest BCUT2D eigenvalue weighted by molar-refractivity contribution is -0.0500. The van der Waals surface area contributed by atoms with Crippen molar-refractivity contribution in [1.29, 1.82) is 5.26 Å². The van der Waals surface area contributed by atoms with Crippen LogP contribution in [0.3, 0.4) is 0 Å². The molecule has 0 unspecified atom stereocenters. The van der Waals surface area contributed by atoms with E-state index in [1.807, 2.05) is 6.07 Å². The van der Waals surface area contributed by atoms with Gasteiger partial charge in [-0.15, -0.1) is 11.6 Å². The van der Waals surface area contributed by atoms with Gasteiger partial charge in [0.25, 0.3) is 0 Å². The summed E-state index contributed by atoms with van der Waals surface area (Å²) >= 11 is 11.9. The molecule has 0 aliphatic carbocycles. The van der Waals surface area contributed by atoms with Gasteiger partial charge in [0.1, 0.15) is 18.4 Å². The summed E-state index contributed by atoms with van der Waals surface area (Å²) in [6, 6.07) is 10.3. The highest BCUT2D eigenvalue weighted by molar-refractivity contribution is 7.88. The first kappa shape index (κ1) is 24.1. The molecule has 0 heterocycles. The van der Waals surface area contributed by atoms with Crippen LogP contribution in [0.1, 0.15) is 30.5 Å². The van der Waals surface area contributed by atoms with Crippen LogP contribution in [0.5, 0.6) is 11.5 Å². The quantitative estimate of drug-likeness (QED) is 0.301. The molecule has 0 N–H and O–H groups in total. The lowest BCUT2D eigenvalue weighted by Crippen LogP contribution is -2.28. The van der Waals surface area contributed by atoms with Crippen molar-refractivity contribution in [2.45, 2.75) is 24.8 Å². The second-order valence-corrected chi connectivity index (χ2v) is 8.94. The van der Waals surface area contributed by atoms with E-state index < -0.39 is 26.8 Å². The zero-order valence-electron chi connectivity index (χ0n) is 15.8. The molecular formula is C19H16Cl2F3NO4S. The van der Waals surface area contributed by atoms with Crippen LogP contribution in [-0.4, -0.2) is 26.4 Å². The van der Waals surface area contributed by atoms with Gasteiger partial charge in [-0.2, -0.15) is 26.9 Å². The first-order valence-corrected chi connectivity index (χ1v) is 10.7. The van der Waals surface area contributed by atoms with Gasteiger partial charge < -0.3 is 8.92 Å². The van der Waals surface area contributed by atoms with Crippen LogP contribution in [0, 0.1) is 11.3 Å². The summed E-state index contributed by atoms with van der Waals surface area (Å²) < 4.78 is 69.2. The molecule has 0 radical (unpaired) electrons. The number of alkyl halides is 4. The molecule has 0 aliphatic heterocycles. The van der Waals surface area contributed by atoms with Crippen molar-refractivity contribution in [3.05, 3.63) is 58.1 Å². The van der Waals surface area contributed by atoms with Gasteiger partial charge in [0, 0.05) is 5.41 Å². The van der Waals surface area contributed by atoms with Crippen molar-refractivity contribution >= 4 is 33.3 Å². The number of hydrogen-bond acceptors (Lipinski definition) is 5. The molecular weight excluding hydrogens is 466 g/mol. The molecule has 0 aromatic heterocycles. The van der Waals surface area contributed by atoms with E-state index >= 15 is 0 Å². The molecule has 162 valence electrons. The Morgan fingerprint density at radius 2 is 1.70 bits per heavy atom. The van der Waals surface area contributed by atoms with Gasteiger partial charge in [-0.25, -0.2) is 0 Å². The summed E-state index contributed by atoms with van der Waals surface area (Å²) in [6.07, 6.45) is 0. The fourth-order valence-corrected chi connectivity index (χ4v) is 3.40. The number of hydrogen-bond donors (Lipinski definition) is 0. The molecule has 30 heavy (non-hydrogen) atoms. The third-order valence-corrected chi connectivity index (χ3v) is 5.69. The third kappa shape index (κ3) is 5.12. The second kappa shape index (κ2) is 8.92. The van der Waals surface area contributed by atoms with E-state index in [9.17, 15) is 26.9 Å². The van der Waals surface area contributed by atoms with Crippen molar-refractivity contribution < 1.29 is 30.5 Å². The largest absolute Gasteiger partial charge is 0.534 e. The third-order valence-electron chi connectivity index (χ3n) is 4.27. The smallest absolute Gasteiger partial charge is 0.489 e. The summed E-state index contributed by atoms with van der Waals surface area (Å²) in [5.74, 6) is -0.0552. The normalized spacial score (nSPS) is 12.3. The molecule has 0 atom stereocenters. The average molecular weight is 482 g/mol. The van der Waals surface area contributed by atoms with Crippen LogP contribution in [0.4, 0.5) is 13.2 Å². The topological polar surface area (TPSA) is 76.4 Å². The number of rotatable bonds is 7. The Balaban J connectivity index is 2.38. The lowest BCUT2D eigenvalue weighted by atomic mass is 9.77. The molecule has 0 aliphatic rings. The maximum atomic E-state index is 12.5. The van der Waals surface area contributed by atoms with Crippen molar-refractivity contribution in [3.63, 3.8) is 0 Å². The predicted molar refractivity (Wildman–Crippen MR) is 107 cm³/mol. The van der Waals surface area contributed by atoms with Gasteiger partial charge in [0.05, 0.1) is 16.5 Å². The highest BCUT2D eigenvalue weighted by Crippen LogP contribution is 2.39. The van der Waals surface area contributed by atoms with Crippen molar-refractivity contribution in [3.8, 4) is 17.6 Å². The molecule has 11 heteroatoms. The van der Waals surface area contributed by atoms with E-state index in [-0.39, 0.29) is 28.8 Å². The second-order valence-electron chi connectivity index (χ2n) is 6.62. The van der Waals surface area contributed by atoms with Gasteiger partial charge in [-0.3, -0.25) is 0 Å². The first-order chi connectivity index (χ1) is 13.8. The molecule has 0 saturated heterocycles. The lowest BCUT2D eigenvalue weighted by Gasteiger charge is -2.27. The van der Waals surface area contributed by atoms with Crippen LogP contribution in [0.15, 0.2) is 36.4 Å². The van der Waals surface area contributed by atoms with E-state index in [0.29, 0.717) is 11.1 Å². The standard InChI is InChI=1S/C19H16Cl2F3NO4S/c1-18(2,14-9-12(11-25)17(16(21)10-14)28-8-7-20)13-3-5-15(6-4-13)29-30(26,27)19(22,23)24/h3-6,9-10H,7-8H2,1-2H3. The van der Waals surface area contributed by atoms with Gasteiger partial charge in [-0.05, 0) is 35.4 Å². The van der Waals surface area contributed by atoms with E-state index in [0.717, 1.165) is 12.1 Å². The van der Waals surface area contributed by atoms with Crippen LogP contribution in [0.2, 0.25) is 5.02 Å². The molecule has 0 bridgehead atoms. The molecule has 2 aromatic carbocycles. The van der Waals surface area contributed by atoms with Crippen LogP contribution in [0.25, 0.3) is 0 Å². The Labute approximate surface area is 182 Å². The Morgan fingerprint density at radius 1 is 1.10 bits per heavy atom. The van der Waals surface area contributed by atoms with Gasteiger partial charge in [-0.1, -0.05) is 37.6 Å². The molecule has 0 spiro atoms. The SMILES string of the molecule is CC(C)(c1ccc(OS(=O)(=O)C(F)(F)F)cc1)c1cc(Cl)c(OCCCl)c(C#N)c1. The van der Waals surface area contributed by atoms with Crippen molar-refractivity contribution in [2.75, 3.05) is 12.5 Å². The van der Waals surface area contributed by atoms with E-state index in [4.69, 9.17) is 27.9 Å². The van der Waals surface area contributed by atoms with Crippen molar-refractivity contribution in [2.24, 2.45) is 0 Å². The van der Waals surface area contributed by atoms with Gasteiger partial charge in [0.15, 0.2) is 5.75 Å². The molecule has 0 saturated carbocycles. The Kier molecular flexibility index (Phi) is 7.17. The fourth-order valence-electron chi connectivity index (χ4n) is 2.59. The minimum absolute atomic E-state index is 0.168. The Hall–Kier alpha value is -2.15. The summed E-state index contributed by atoms with van der Waals surface area (Å²) in [6.45, 7) is 3.78. The highest BCUT2D eigenvalue weighted by atomic mass is 35.5. The summed E-state index contributed by atoms with van der Waals surface area (Å²) in [5.41, 5.74) is -4.80. The first-order valence-electron chi connectivity index (χ1n) is 8.37. The summed E-state index contributed by atoms with van der Waals surface area (Å²) in [5, 5.41) is 9.63. The number of nitrogens with zero attached hydrogens (tertiary/aromatic N) is 1. The predicted octanol–water partition coefficient (Wildman–Crippen LogP) is 5.38. The minimum Gasteiger partial charge on any atom is -0.489 e. The zero-order valence-corrected chi connectivity index (χ0v) is 18.1. The zero-order chi connectivity index (χ0) is 22.7. The summed E-state index contributed by atoms with van der Waals surface area (Å²) in [7, 11) is -5.76. The molecule has 5 nitrogen and oxygen atoms in total. The molecule has 2 aromatic rings. The number of benzene rings is 2. The van der Waals surface area contributed by atoms with Gasteiger partial charge >= 0.3 is 15.6 Å². The van der Waals surface area contributed by atoms with E-state index in [1.165, 1.54) is 12.1 Å². The van der Waals surface area contributed by atoms with E-state index in [2.05, 4.69) is 4.18 Å². The fraction of sp³-hybridized carbons (Fsp3) is 0.316. The molecule has 0 amide bonds. The minimum atomic E-state index is -5.76. The van der Waals surface area contributed by atoms with Crippen LogP contribution < -0.4 is 8.92 Å². The average Bonchev–Trinajstić information content (AvgIpc) is 2.65. The molecule has 2 rings (SSSR count). The van der Waals surface area contributed by atoms with E-state index in [1.54, 1.807) is 26.0 Å². The summed E-state index contributed by atoms with van der Waals surface area (Å²) in [4.78, 5) is 0. The van der Waals surface area contributed by atoms with Crippen molar-refractivity contribution in [1.82, 2.24) is 0 Å². The number of nitriles is 1.